The van der Waals surface area contributed by atoms with Gasteiger partial charge < -0.3 is 14.0 Å². The van der Waals surface area contributed by atoms with Gasteiger partial charge in [-0.25, -0.2) is 9.97 Å². The molecular formula is C22H22N4O4S. The fourth-order valence-electron chi connectivity index (χ4n) is 3.22. The van der Waals surface area contributed by atoms with Crippen molar-refractivity contribution < 1.29 is 18.8 Å². The molecule has 160 valence electrons. The van der Waals surface area contributed by atoms with Crippen LogP contribution in [0.25, 0.3) is 22.4 Å². The lowest BCUT2D eigenvalue weighted by atomic mass is 10.0. The zero-order chi connectivity index (χ0) is 22.1. The van der Waals surface area contributed by atoms with Crippen molar-refractivity contribution in [3.8, 4) is 22.8 Å². The molecule has 0 radical (unpaired) electrons. The Morgan fingerprint density at radius 1 is 1.16 bits per heavy atom. The molecule has 0 bridgehead atoms. The van der Waals surface area contributed by atoms with Gasteiger partial charge in [0.05, 0.1) is 36.6 Å². The van der Waals surface area contributed by atoms with Crippen LogP contribution in [-0.4, -0.2) is 35.3 Å². The third-order valence-electron chi connectivity index (χ3n) is 4.88. The maximum Gasteiger partial charge on any atom is 0.259 e. The summed E-state index contributed by atoms with van der Waals surface area (Å²) in [5, 5.41) is 9.79. The van der Waals surface area contributed by atoms with E-state index in [2.05, 4.69) is 20.4 Å². The van der Waals surface area contributed by atoms with Crippen molar-refractivity contribution in [2.45, 2.75) is 26.7 Å². The zero-order valence-electron chi connectivity index (χ0n) is 17.8. The Labute approximate surface area is 183 Å². The number of carbonyl (C=O) groups is 1. The topological polar surface area (TPSA) is 99.4 Å². The van der Waals surface area contributed by atoms with E-state index in [1.165, 1.54) is 11.3 Å². The van der Waals surface area contributed by atoms with E-state index in [4.69, 9.17) is 14.0 Å². The highest BCUT2D eigenvalue weighted by atomic mass is 32.1. The number of aryl methyl sites for hydroxylation is 1. The van der Waals surface area contributed by atoms with Crippen LogP contribution in [0.4, 0.5) is 5.13 Å². The van der Waals surface area contributed by atoms with E-state index >= 15 is 0 Å². The average molecular weight is 439 g/mol. The lowest BCUT2D eigenvalue weighted by Gasteiger charge is -2.09. The fourth-order valence-corrected chi connectivity index (χ4v) is 3.93. The summed E-state index contributed by atoms with van der Waals surface area (Å²) < 4.78 is 16.1. The number of thiazole rings is 1. The van der Waals surface area contributed by atoms with Crippen molar-refractivity contribution >= 4 is 33.5 Å². The van der Waals surface area contributed by atoms with Gasteiger partial charge in [0.15, 0.2) is 5.13 Å². The highest BCUT2D eigenvalue weighted by molar-refractivity contribution is 7.14. The van der Waals surface area contributed by atoms with Crippen molar-refractivity contribution in [1.82, 2.24) is 15.1 Å². The number of nitrogens with one attached hydrogen (secondary N) is 1. The minimum atomic E-state index is -0.292. The molecule has 0 spiro atoms. The van der Waals surface area contributed by atoms with Gasteiger partial charge in [-0.3, -0.25) is 10.1 Å². The van der Waals surface area contributed by atoms with E-state index < -0.39 is 0 Å². The minimum Gasteiger partial charge on any atom is -0.497 e. The number of hydrogen-bond donors (Lipinski definition) is 1. The summed E-state index contributed by atoms with van der Waals surface area (Å²) >= 11 is 1.33. The number of ether oxygens (including phenoxy) is 2. The summed E-state index contributed by atoms with van der Waals surface area (Å²) in [7, 11) is 3.20. The van der Waals surface area contributed by atoms with Crippen LogP contribution in [0, 0.1) is 6.92 Å². The second-order valence-corrected chi connectivity index (χ2v) is 8.11. The van der Waals surface area contributed by atoms with E-state index in [1.54, 1.807) is 27.2 Å². The van der Waals surface area contributed by atoms with Gasteiger partial charge in [0.25, 0.3) is 11.6 Å². The number of nitrogens with zero attached hydrogens (tertiary/aromatic N) is 3. The van der Waals surface area contributed by atoms with E-state index in [1.807, 2.05) is 37.4 Å². The van der Waals surface area contributed by atoms with Crippen molar-refractivity contribution in [2.75, 3.05) is 19.5 Å². The highest BCUT2D eigenvalue weighted by Crippen LogP contribution is 2.35. The quantitative estimate of drug-likeness (QED) is 0.450. The van der Waals surface area contributed by atoms with Crippen molar-refractivity contribution in [1.29, 1.82) is 0 Å². The van der Waals surface area contributed by atoms with Gasteiger partial charge >= 0.3 is 0 Å². The van der Waals surface area contributed by atoms with Crippen LogP contribution in [0.2, 0.25) is 0 Å². The van der Waals surface area contributed by atoms with Crippen LogP contribution in [0.15, 0.2) is 34.2 Å². The van der Waals surface area contributed by atoms with Gasteiger partial charge in [0.2, 0.25) is 0 Å². The first kappa shape index (κ1) is 20.8. The Hall–Kier alpha value is -3.46. The summed E-state index contributed by atoms with van der Waals surface area (Å²) in [5.41, 5.74) is 3.65. The maximum atomic E-state index is 13.1. The number of aromatic nitrogens is 3. The molecule has 1 N–H and O–H groups in total. The fraction of sp³-hybridized carbons (Fsp3) is 0.273. The third kappa shape index (κ3) is 3.96. The van der Waals surface area contributed by atoms with Gasteiger partial charge in [0.1, 0.15) is 11.5 Å². The Morgan fingerprint density at radius 3 is 2.68 bits per heavy atom. The van der Waals surface area contributed by atoms with Crippen LogP contribution in [0.1, 0.15) is 41.5 Å². The number of anilines is 1. The molecular weight excluding hydrogens is 416 g/mol. The second kappa shape index (κ2) is 8.35. The molecule has 9 heteroatoms. The summed E-state index contributed by atoms with van der Waals surface area (Å²) in [5.74, 6) is 1.20. The maximum absolute atomic E-state index is 13.1. The molecule has 4 aromatic rings. The van der Waals surface area contributed by atoms with Crippen molar-refractivity contribution in [3.63, 3.8) is 0 Å². The molecule has 3 heterocycles. The Morgan fingerprint density at radius 2 is 1.97 bits per heavy atom. The number of methoxy groups -OCH3 is 2. The first-order valence-corrected chi connectivity index (χ1v) is 10.6. The van der Waals surface area contributed by atoms with Crippen LogP contribution < -0.4 is 14.8 Å². The van der Waals surface area contributed by atoms with Crippen molar-refractivity contribution in [3.05, 3.63) is 46.6 Å². The standard InChI is InChI=1S/C22H22N4O4S/c1-11(2)16-9-15(19-12(3)26-30-21(19)23-16)20(27)25-22-24-17(10-31-22)14-8-13(28-4)6-7-18(14)29-5/h6-11H,1-5H3,(H,24,25,27). The Kier molecular flexibility index (Phi) is 5.60. The summed E-state index contributed by atoms with van der Waals surface area (Å²) in [6.07, 6.45) is 0. The largest absolute Gasteiger partial charge is 0.497 e. The molecule has 1 aromatic carbocycles. The summed E-state index contributed by atoms with van der Waals surface area (Å²) in [4.78, 5) is 22.2. The van der Waals surface area contributed by atoms with Crippen LogP contribution >= 0.6 is 11.3 Å². The van der Waals surface area contributed by atoms with Crippen molar-refractivity contribution in [2.24, 2.45) is 0 Å². The highest BCUT2D eigenvalue weighted by Gasteiger charge is 2.21. The number of rotatable bonds is 6. The number of hydrogen-bond acceptors (Lipinski definition) is 8. The molecule has 8 nitrogen and oxygen atoms in total. The van der Waals surface area contributed by atoms with E-state index in [9.17, 15) is 4.79 Å². The minimum absolute atomic E-state index is 0.133. The SMILES string of the molecule is COc1ccc(OC)c(-c2csc(NC(=O)c3cc(C(C)C)nc4onc(C)c34)n2)c1. The van der Waals surface area contributed by atoms with E-state index in [0.29, 0.717) is 44.7 Å². The Balaban J connectivity index is 1.67. The monoisotopic (exact) mass is 438 g/mol. The predicted molar refractivity (Wildman–Crippen MR) is 119 cm³/mol. The van der Waals surface area contributed by atoms with Crippen LogP contribution in [0.3, 0.4) is 0 Å². The molecule has 4 rings (SSSR count). The third-order valence-corrected chi connectivity index (χ3v) is 5.64. The molecule has 0 saturated heterocycles. The lowest BCUT2D eigenvalue weighted by Crippen LogP contribution is -2.13. The van der Waals surface area contributed by atoms with Gasteiger partial charge in [-0.1, -0.05) is 19.0 Å². The van der Waals surface area contributed by atoms with Gasteiger partial charge in [0, 0.05) is 16.6 Å². The summed E-state index contributed by atoms with van der Waals surface area (Å²) in [6.45, 7) is 5.80. The normalized spacial score (nSPS) is 11.2. The summed E-state index contributed by atoms with van der Waals surface area (Å²) in [6, 6.07) is 7.27. The molecule has 0 unspecified atom stereocenters. The van der Waals surface area contributed by atoms with E-state index in [-0.39, 0.29) is 11.8 Å². The number of fused-ring (bicyclic) bond motifs is 1. The molecule has 0 aliphatic heterocycles. The first-order chi connectivity index (χ1) is 14.9. The zero-order valence-corrected chi connectivity index (χ0v) is 18.7. The van der Waals surface area contributed by atoms with Crippen LogP contribution in [-0.2, 0) is 0 Å². The van der Waals surface area contributed by atoms with E-state index in [0.717, 1.165) is 11.3 Å². The molecule has 0 atom stereocenters. The molecule has 1 amide bonds. The smallest absolute Gasteiger partial charge is 0.259 e. The number of amides is 1. The molecule has 3 aromatic heterocycles. The number of pyridine rings is 1. The molecule has 0 fully saturated rings. The number of benzene rings is 1. The molecule has 0 aliphatic carbocycles. The van der Waals surface area contributed by atoms with Gasteiger partial charge in [-0.15, -0.1) is 11.3 Å². The molecule has 0 saturated carbocycles. The van der Waals surface area contributed by atoms with Crippen LogP contribution in [0.5, 0.6) is 11.5 Å². The predicted octanol–water partition coefficient (Wildman–Crippen LogP) is 5.05. The average Bonchev–Trinajstić information content (AvgIpc) is 3.39. The molecule has 0 aliphatic rings. The molecule has 31 heavy (non-hydrogen) atoms. The first-order valence-electron chi connectivity index (χ1n) is 9.67. The van der Waals surface area contributed by atoms with Gasteiger partial charge in [-0.2, -0.15) is 0 Å². The number of carbonyl (C=O) groups excluding carboxylic acids is 1. The second-order valence-electron chi connectivity index (χ2n) is 7.26. The Bertz CT molecular complexity index is 1260. The lowest BCUT2D eigenvalue weighted by molar-refractivity contribution is 0.102. The van der Waals surface area contributed by atoms with Gasteiger partial charge in [-0.05, 0) is 37.1 Å².